The van der Waals surface area contributed by atoms with E-state index in [0.29, 0.717) is 36.3 Å². The lowest BCUT2D eigenvalue weighted by Crippen LogP contribution is -2.42. The van der Waals surface area contributed by atoms with E-state index in [1.54, 1.807) is 12.1 Å². The van der Waals surface area contributed by atoms with Crippen molar-refractivity contribution >= 4 is 17.6 Å². The highest BCUT2D eigenvalue weighted by Crippen LogP contribution is 2.45. The van der Waals surface area contributed by atoms with Gasteiger partial charge in [-0.1, -0.05) is 30.5 Å². The Balaban J connectivity index is 1.48. The monoisotopic (exact) mass is 366 g/mol. The fourth-order valence-electron chi connectivity index (χ4n) is 5.07. The maximum Gasteiger partial charge on any atom is 0.312 e. The van der Waals surface area contributed by atoms with E-state index in [1.807, 2.05) is 0 Å². The molecular weight excluding hydrogens is 343 g/mol. The van der Waals surface area contributed by atoms with Gasteiger partial charge in [-0.2, -0.15) is 0 Å². The molecule has 0 aromatic heterocycles. The van der Waals surface area contributed by atoms with Crippen LogP contribution in [0.1, 0.15) is 31.2 Å². The van der Waals surface area contributed by atoms with Crippen molar-refractivity contribution < 1.29 is 14.3 Å². The lowest BCUT2D eigenvalue weighted by molar-refractivity contribution is -0.149. The van der Waals surface area contributed by atoms with Gasteiger partial charge in [0.25, 0.3) is 0 Å². The third-order valence-corrected chi connectivity index (χ3v) is 6.62. The van der Waals surface area contributed by atoms with E-state index in [-0.39, 0.29) is 11.7 Å². The molecule has 2 aliphatic heterocycles. The van der Waals surface area contributed by atoms with Gasteiger partial charge >= 0.3 is 5.97 Å². The Morgan fingerprint density at radius 2 is 2.04 bits per heavy atom. The number of hydrogen-bond donors (Lipinski definition) is 1. The minimum atomic E-state index is -0.703. The zero-order valence-electron chi connectivity index (χ0n) is 14.3. The molecule has 1 aromatic carbocycles. The van der Waals surface area contributed by atoms with Crippen molar-refractivity contribution in [3.05, 3.63) is 34.6 Å². The van der Waals surface area contributed by atoms with Gasteiger partial charge in [0.1, 0.15) is 5.82 Å². The van der Waals surface area contributed by atoms with Crippen LogP contribution in [0.4, 0.5) is 4.39 Å². The Bertz CT molecular complexity index is 679. The van der Waals surface area contributed by atoms with E-state index in [1.165, 1.54) is 31.7 Å². The summed E-state index contributed by atoms with van der Waals surface area (Å²) in [6, 6.07) is 5.27. The van der Waals surface area contributed by atoms with Gasteiger partial charge < -0.3 is 5.11 Å². The molecule has 4 nitrogen and oxygen atoms in total. The van der Waals surface area contributed by atoms with Crippen LogP contribution >= 0.6 is 11.6 Å². The highest BCUT2D eigenvalue weighted by molar-refractivity contribution is 6.30. The van der Waals surface area contributed by atoms with Gasteiger partial charge in [-0.15, -0.1) is 0 Å². The summed E-state index contributed by atoms with van der Waals surface area (Å²) in [6.07, 6.45) is 4.91. The van der Waals surface area contributed by atoms with Gasteiger partial charge in [-0.05, 0) is 25.0 Å². The van der Waals surface area contributed by atoms with Crippen LogP contribution in [-0.4, -0.2) is 53.1 Å². The van der Waals surface area contributed by atoms with Crippen LogP contribution in [-0.2, 0) is 11.3 Å². The third-order valence-electron chi connectivity index (χ3n) is 6.38. The first-order valence-corrected chi connectivity index (χ1v) is 9.49. The van der Waals surface area contributed by atoms with E-state index in [0.717, 1.165) is 13.1 Å². The first kappa shape index (κ1) is 17.3. The highest BCUT2D eigenvalue weighted by Gasteiger charge is 2.58. The van der Waals surface area contributed by atoms with E-state index in [2.05, 4.69) is 9.80 Å². The van der Waals surface area contributed by atoms with Crippen LogP contribution in [0.5, 0.6) is 0 Å². The molecule has 136 valence electrons. The van der Waals surface area contributed by atoms with Gasteiger partial charge in [0.2, 0.25) is 0 Å². The molecule has 0 unspecified atom stereocenters. The van der Waals surface area contributed by atoms with E-state index in [4.69, 9.17) is 11.6 Å². The molecule has 0 bridgehead atoms. The molecule has 2 saturated heterocycles. The summed E-state index contributed by atoms with van der Waals surface area (Å²) in [4.78, 5) is 16.6. The van der Waals surface area contributed by atoms with Crippen LogP contribution in [0.25, 0.3) is 0 Å². The summed E-state index contributed by atoms with van der Waals surface area (Å²) >= 11 is 5.82. The molecule has 3 fully saturated rings. The summed E-state index contributed by atoms with van der Waals surface area (Å²) < 4.78 is 14.1. The lowest BCUT2D eigenvalue weighted by Gasteiger charge is -2.28. The average molecular weight is 367 g/mol. The molecule has 2 atom stereocenters. The van der Waals surface area contributed by atoms with E-state index in [9.17, 15) is 14.3 Å². The number of likely N-dealkylation sites (tertiary alicyclic amines) is 2. The molecule has 0 amide bonds. The van der Waals surface area contributed by atoms with Crippen LogP contribution in [0.2, 0.25) is 5.02 Å². The molecule has 1 saturated carbocycles. The van der Waals surface area contributed by atoms with Gasteiger partial charge in [0, 0.05) is 55.3 Å². The van der Waals surface area contributed by atoms with Gasteiger partial charge in [0.15, 0.2) is 0 Å². The molecule has 1 N–H and O–H groups in total. The van der Waals surface area contributed by atoms with E-state index < -0.39 is 11.4 Å². The minimum absolute atomic E-state index is 0.126. The maximum atomic E-state index is 14.1. The molecule has 3 aliphatic rings. The fourth-order valence-corrected chi connectivity index (χ4v) is 5.23. The van der Waals surface area contributed by atoms with Crippen molar-refractivity contribution in [2.75, 3.05) is 26.2 Å². The topological polar surface area (TPSA) is 43.8 Å². The zero-order chi connectivity index (χ0) is 17.6. The van der Waals surface area contributed by atoms with Crippen molar-refractivity contribution in [2.24, 2.45) is 11.3 Å². The maximum absolute atomic E-state index is 14.1. The SMILES string of the molecule is O=C(O)[C@@]12CN(Cc3ccc(Cl)cc3F)C[C@@H]1CN(C1CCCC1)C2. The Morgan fingerprint density at radius 1 is 1.28 bits per heavy atom. The number of rotatable bonds is 4. The predicted octanol–water partition coefficient (Wildman–Crippen LogP) is 3.24. The molecule has 2 heterocycles. The zero-order valence-corrected chi connectivity index (χ0v) is 15.0. The van der Waals surface area contributed by atoms with Crippen LogP contribution in [0, 0.1) is 17.2 Å². The number of nitrogens with zero attached hydrogens (tertiary/aromatic N) is 2. The summed E-state index contributed by atoms with van der Waals surface area (Å²) in [7, 11) is 0. The number of carbonyl (C=O) groups is 1. The van der Waals surface area contributed by atoms with Crippen molar-refractivity contribution in [3.63, 3.8) is 0 Å². The highest BCUT2D eigenvalue weighted by atomic mass is 35.5. The fraction of sp³-hybridized carbons (Fsp3) is 0.632. The van der Waals surface area contributed by atoms with Crippen molar-refractivity contribution in [1.29, 1.82) is 0 Å². The molecule has 1 aromatic rings. The van der Waals surface area contributed by atoms with Gasteiger partial charge in [-0.25, -0.2) is 4.39 Å². The van der Waals surface area contributed by atoms with E-state index >= 15 is 0 Å². The number of hydrogen-bond acceptors (Lipinski definition) is 3. The number of aliphatic carboxylic acids is 1. The number of carboxylic acid groups (broad SMARTS) is 1. The summed E-state index contributed by atoms with van der Waals surface area (Å²) in [5.41, 5.74) is -0.122. The molecular formula is C19H24ClFN2O2. The Kier molecular flexibility index (Phi) is 4.50. The van der Waals surface area contributed by atoms with Gasteiger partial charge in [-0.3, -0.25) is 14.6 Å². The first-order valence-electron chi connectivity index (χ1n) is 9.12. The summed E-state index contributed by atoms with van der Waals surface area (Å²) in [5.74, 6) is -0.889. The second-order valence-electron chi connectivity index (χ2n) is 7.93. The van der Waals surface area contributed by atoms with Crippen LogP contribution < -0.4 is 0 Å². The molecule has 4 rings (SSSR count). The average Bonchev–Trinajstić information content (AvgIpc) is 3.23. The molecule has 6 heteroatoms. The number of halogens is 2. The third kappa shape index (κ3) is 3.07. The Hall–Kier alpha value is -1.17. The summed E-state index contributed by atoms with van der Waals surface area (Å²) in [6.45, 7) is 3.15. The molecule has 0 radical (unpaired) electrons. The number of fused-ring (bicyclic) bond motifs is 1. The first-order chi connectivity index (χ1) is 12.0. The van der Waals surface area contributed by atoms with Crippen molar-refractivity contribution in [3.8, 4) is 0 Å². The largest absolute Gasteiger partial charge is 0.481 e. The Labute approximate surface area is 152 Å². The van der Waals surface area contributed by atoms with Crippen LogP contribution in [0.3, 0.4) is 0 Å². The van der Waals surface area contributed by atoms with Crippen molar-refractivity contribution in [2.45, 2.75) is 38.3 Å². The molecule has 0 spiro atoms. The normalized spacial score (nSPS) is 30.9. The Morgan fingerprint density at radius 3 is 2.68 bits per heavy atom. The summed E-state index contributed by atoms with van der Waals surface area (Å²) in [5, 5.41) is 10.3. The van der Waals surface area contributed by atoms with Gasteiger partial charge in [0.05, 0.1) is 5.41 Å². The molecule has 25 heavy (non-hydrogen) atoms. The predicted molar refractivity (Wildman–Crippen MR) is 94.1 cm³/mol. The quantitative estimate of drug-likeness (QED) is 0.888. The standard InChI is InChI=1S/C19H24ClFN2O2/c20-15-6-5-13(17(21)7-15)8-22-9-14-10-23(16-3-1-2-4-16)12-19(14,11-22)18(24)25/h5-7,14,16H,1-4,8-12H2,(H,24,25)/t14-,19-/m1/s1. The lowest BCUT2D eigenvalue weighted by atomic mass is 9.81. The van der Waals surface area contributed by atoms with Crippen LogP contribution in [0.15, 0.2) is 18.2 Å². The minimum Gasteiger partial charge on any atom is -0.481 e. The number of carboxylic acids is 1. The molecule has 1 aliphatic carbocycles. The van der Waals surface area contributed by atoms with Crippen molar-refractivity contribution in [1.82, 2.24) is 9.80 Å². The number of benzene rings is 1. The smallest absolute Gasteiger partial charge is 0.312 e. The second kappa shape index (κ2) is 6.53. The second-order valence-corrected chi connectivity index (χ2v) is 8.37.